The van der Waals surface area contributed by atoms with Crippen molar-refractivity contribution in [3.8, 4) is 0 Å². The molecule has 6 nitrogen and oxygen atoms in total. The highest BCUT2D eigenvalue weighted by atomic mass is 32.2. The number of thioether (sulfide) groups is 1. The van der Waals surface area contributed by atoms with E-state index in [2.05, 4.69) is 5.32 Å². The lowest BCUT2D eigenvalue weighted by Gasteiger charge is -2.20. The van der Waals surface area contributed by atoms with Gasteiger partial charge in [0.1, 0.15) is 5.60 Å². The van der Waals surface area contributed by atoms with E-state index in [1.807, 2.05) is 0 Å². The van der Waals surface area contributed by atoms with E-state index >= 15 is 0 Å². The number of amides is 1. The van der Waals surface area contributed by atoms with E-state index in [9.17, 15) is 18.3 Å². The second kappa shape index (κ2) is 6.23. The fourth-order valence-electron chi connectivity index (χ4n) is 1.48. The Hall–Kier alpha value is -0.310. The van der Waals surface area contributed by atoms with E-state index in [4.69, 9.17) is 5.11 Å². The van der Waals surface area contributed by atoms with Crippen LogP contribution in [-0.4, -0.2) is 65.8 Å². The van der Waals surface area contributed by atoms with Gasteiger partial charge in [0, 0.05) is 11.8 Å². The molecule has 2 unspecified atom stereocenters. The predicted molar refractivity (Wildman–Crippen MR) is 70.2 cm³/mol. The molecule has 0 aromatic carbocycles. The molecule has 2 atom stereocenters. The van der Waals surface area contributed by atoms with Crippen molar-refractivity contribution in [2.24, 2.45) is 0 Å². The molecule has 0 spiro atoms. The monoisotopic (exact) mass is 297 g/mol. The maximum absolute atomic E-state index is 11.4. The molecule has 18 heavy (non-hydrogen) atoms. The number of sulfone groups is 1. The van der Waals surface area contributed by atoms with E-state index < -0.39 is 22.0 Å². The number of aliphatic hydroxyl groups is 2. The summed E-state index contributed by atoms with van der Waals surface area (Å²) in [6, 6.07) is 0. The van der Waals surface area contributed by atoms with Crippen molar-refractivity contribution in [2.75, 3.05) is 30.4 Å². The largest absolute Gasteiger partial charge is 0.393 e. The fraction of sp³-hybridized carbons (Fsp3) is 0.900. The first-order chi connectivity index (χ1) is 8.24. The highest BCUT2D eigenvalue weighted by Gasteiger charge is 2.28. The molecular formula is C10H19NO5S2. The first-order valence-electron chi connectivity index (χ1n) is 5.66. The molecule has 106 valence electrons. The van der Waals surface area contributed by atoms with Gasteiger partial charge in [0.05, 0.1) is 23.9 Å². The van der Waals surface area contributed by atoms with Crippen molar-refractivity contribution in [2.45, 2.75) is 24.2 Å². The Labute approximate surface area is 111 Å². The Kier molecular flexibility index (Phi) is 5.45. The SMILES string of the molecule is CC(O)(CO)CNC(=O)CSC1CCS(=O)(=O)C1. The van der Waals surface area contributed by atoms with Gasteiger partial charge in [-0.2, -0.15) is 0 Å². The summed E-state index contributed by atoms with van der Waals surface area (Å²) in [6.07, 6.45) is 0.592. The second-order valence-corrected chi connectivity index (χ2v) is 8.29. The molecule has 0 aromatic heterocycles. The van der Waals surface area contributed by atoms with Gasteiger partial charge >= 0.3 is 0 Å². The Balaban J connectivity index is 2.22. The summed E-state index contributed by atoms with van der Waals surface area (Å²) >= 11 is 1.32. The van der Waals surface area contributed by atoms with Crippen molar-refractivity contribution in [3.05, 3.63) is 0 Å². The van der Waals surface area contributed by atoms with E-state index in [0.717, 1.165) is 0 Å². The maximum atomic E-state index is 11.4. The Bertz CT molecular complexity index is 393. The minimum Gasteiger partial charge on any atom is -0.393 e. The lowest BCUT2D eigenvalue weighted by molar-refractivity contribution is -0.120. The van der Waals surface area contributed by atoms with Crippen LogP contribution in [0, 0.1) is 0 Å². The highest BCUT2D eigenvalue weighted by molar-refractivity contribution is 8.02. The Morgan fingerprint density at radius 2 is 2.22 bits per heavy atom. The van der Waals surface area contributed by atoms with Gasteiger partial charge in [-0.05, 0) is 13.3 Å². The number of hydrogen-bond donors (Lipinski definition) is 3. The molecule has 1 heterocycles. The molecule has 1 fully saturated rings. The third-order valence-electron chi connectivity index (χ3n) is 2.65. The first kappa shape index (κ1) is 15.7. The average Bonchev–Trinajstić information content (AvgIpc) is 2.64. The zero-order chi connectivity index (χ0) is 13.8. The third-order valence-corrected chi connectivity index (χ3v) is 5.93. The minimum absolute atomic E-state index is 0.0147. The standard InChI is InChI=1S/C10H19NO5S2/c1-10(14,7-12)6-11-9(13)4-17-8-2-3-18(15,16)5-8/h8,12,14H,2-7H2,1H3,(H,11,13). The van der Waals surface area contributed by atoms with Crippen molar-refractivity contribution >= 4 is 27.5 Å². The number of hydrogen-bond acceptors (Lipinski definition) is 6. The molecule has 0 bridgehead atoms. The van der Waals surface area contributed by atoms with E-state index in [1.54, 1.807) is 0 Å². The van der Waals surface area contributed by atoms with Crippen molar-refractivity contribution in [3.63, 3.8) is 0 Å². The summed E-state index contributed by atoms with van der Waals surface area (Å²) in [5.41, 5.74) is -1.32. The quantitative estimate of drug-likeness (QED) is 0.567. The molecule has 1 aliphatic heterocycles. The molecule has 0 saturated carbocycles. The van der Waals surface area contributed by atoms with Gasteiger partial charge in [-0.3, -0.25) is 4.79 Å². The minimum atomic E-state index is -2.91. The van der Waals surface area contributed by atoms with Crippen LogP contribution in [0.3, 0.4) is 0 Å². The van der Waals surface area contributed by atoms with Gasteiger partial charge in [-0.15, -0.1) is 11.8 Å². The topological polar surface area (TPSA) is 104 Å². The van der Waals surface area contributed by atoms with Gasteiger partial charge < -0.3 is 15.5 Å². The molecule has 0 radical (unpaired) electrons. The lowest BCUT2D eigenvalue weighted by Crippen LogP contribution is -2.43. The molecule has 8 heteroatoms. The van der Waals surface area contributed by atoms with Gasteiger partial charge in [-0.1, -0.05) is 0 Å². The number of aliphatic hydroxyl groups excluding tert-OH is 1. The van der Waals surface area contributed by atoms with E-state index in [-0.39, 0.29) is 35.0 Å². The van der Waals surface area contributed by atoms with Crippen LogP contribution < -0.4 is 5.32 Å². The van der Waals surface area contributed by atoms with Crippen LogP contribution in [0.2, 0.25) is 0 Å². The van der Waals surface area contributed by atoms with Crippen molar-refractivity contribution < 1.29 is 23.4 Å². The highest BCUT2D eigenvalue weighted by Crippen LogP contribution is 2.23. The summed E-state index contributed by atoms with van der Waals surface area (Å²) in [7, 11) is -2.91. The van der Waals surface area contributed by atoms with Crippen LogP contribution in [0.5, 0.6) is 0 Å². The van der Waals surface area contributed by atoms with Crippen LogP contribution in [0.1, 0.15) is 13.3 Å². The number of nitrogens with one attached hydrogen (secondary N) is 1. The van der Waals surface area contributed by atoms with Crippen LogP contribution in [0.4, 0.5) is 0 Å². The normalized spacial score (nSPS) is 25.6. The Morgan fingerprint density at radius 3 is 2.72 bits per heavy atom. The molecule has 1 saturated heterocycles. The molecule has 1 rings (SSSR count). The van der Waals surface area contributed by atoms with Gasteiger partial charge in [0.15, 0.2) is 9.84 Å². The van der Waals surface area contributed by atoms with Gasteiger partial charge in [0.25, 0.3) is 0 Å². The summed E-state index contributed by atoms with van der Waals surface area (Å²) in [6.45, 7) is 0.969. The summed E-state index contributed by atoms with van der Waals surface area (Å²) in [5.74, 6) is 0.241. The second-order valence-electron chi connectivity index (χ2n) is 4.77. The maximum Gasteiger partial charge on any atom is 0.230 e. The first-order valence-corrected chi connectivity index (χ1v) is 8.53. The average molecular weight is 297 g/mol. The zero-order valence-electron chi connectivity index (χ0n) is 10.3. The van der Waals surface area contributed by atoms with Crippen LogP contribution in [-0.2, 0) is 14.6 Å². The predicted octanol–water partition coefficient (Wildman–Crippen LogP) is -1.23. The van der Waals surface area contributed by atoms with Crippen LogP contribution in [0.15, 0.2) is 0 Å². The van der Waals surface area contributed by atoms with Gasteiger partial charge in [0.2, 0.25) is 5.91 Å². The number of rotatable bonds is 6. The van der Waals surface area contributed by atoms with Gasteiger partial charge in [-0.25, -0.2) is 8.42 Å². The molecule has 1 amide bonds. The van der Waals surface area contributed by atoms with Crippen molar-refractivity contribution in [1.29, 1.82) is 0 Å². The van der Waals surface area contributed by atoms with E-state index in [0.29, 0.717) is 6.42 Å². The summed E-state index contributed by atoms with van der Waals surface area (Å²) in [4.78, 5) is 11.4. The summed E-state index contributed by atoms with van der Waals surface area (Å²) < 4.78 is 22.4. The summed E-state index contributed by atoms with van der Waals surface area (Å²) in [5, 5.41) is 20.7. The lowest BCUT2D eigenvalue weighted by atomic mass is 10.1. The van der Waals surface area contributed by atoms with Crippen LogP contribution >= 0.6 is 11.8 Å². The molecular weight excluding hydrogens is 278 g/mol. The smallest absolute Gasteiger partial charge is 0.230 e. The fourth-order valence-corrected chi connectivity index (χ4v) is 4.95. The molecule has 0 aromatic rings. The zero-order valence-corrected chi connectivity index (χ0v) is 11.9. The van der Waals surface area contributed by atoms with E-state index in [1.165, 1.54) is 18.7 Å². The third kappa shape index (κ3) is 5.55. The molecule has 3 N–H and O–H groups in total. The van der Waals surface area contributed by atoms with Crippen molar-refractivity contribution in [1.82, 2.24) is 5.32 Å². The number of carbonyl (C=O) groups is 1. The molecule has 1 aliphatic rings. The molecule has 0 aliphatic carbocycles. The Morgan fingerprint density at radius 1 is 1.56 bits per heavy atom. The number of carbonyl (C=O) groups excluding carboxylic acids is 1. The van der Waals surface area contributed by atoms with Crippen LogP contribution in [0.25, 0.3) is 0 Å².